The molecule has 0 aromatic heterocycles. The second kappa shape index (κ2) is 3.61. The van der Waals surface area contributed by atoms with Crippen LogP contribution in [0.4, 0.5) is 0 Å². The Labute approximate surface area is 85.6 Å². The molecular formula is C9H12NO2PS. The van der Waals surface area contributed by atoms with Gasteiger partial charge in [0.15, 0.2) is 0 Å². The minimum absolute atomic E-state index is 0.0938. The normalized spacial score (nSPS) is 17.8. The zero-order valence-electron chi connectivity index (χ0n) is 7.90. The van der Waals surface area contributed by atoms with Gasteiger partial charge in [-0.05, 0) is 19.1 Å². The SMILES string of the molecule is Cc1ccc(S(=O)(=O)PN2CC2)cc1. The fourth-order valence-electron chi connectivity index (χ4n) is 1.08. The van der Waals surface area contributed by atoms with Crippen molar-refractivity contribution < 1.29 is 8.42 Å². The molecule has 1 aliphatic rings. The Bertz CT molecular complexity index is 423. The van der Waals surface area contributed by atoms with E-state index in [2.05, 4.69) is 0 Å². The second-order valence-electron chi connectivity index (χ2n) is 3.39. The van der Waals surface area contributed by atoms with E-state index in [1.165, 1.54) is 0 Å². The van der Waals surface area contributed by atoms with Crippen molar-refractivity contribution in [2.75, 3.05) is 13.1 Å². The Kier molecular flexibility index (Phi) is 2.60. The van der Waals surface area contributed by atoms with Gasteiger partial charge in [0.1, 0.15) is 0 Å². The van der Waals surface area contributed by atoms with E-state index in [1.54, 1.807) is 12.1 Å². The van der Waals surface area contributed by atoms with Crippen LogP contribution in [0.2, 0.25) is 0 Å². The highest BCUT2D eigenvalue weighted by Crippen LogP contribution is 2.37. The Morgan fingerprint density at radius 1 is 1.21 bits per heavy atom. The largest absolute Gasteiger partial charge is 0.269 e. The molecule has 3 nitrogen and oxygen atoms in total. The molecule has 1 atom stereocenters. The molecule has 1 aliphatic heterocycles. The number of rotatable bonds is 3. The molecule has 1 aromatic rings. The van der Waals surface area contributed by atoms with Crippen LogP contribution in [-0.2, 0) is 9.46 Å². The predicted molar refractivity (Wildman–Crippen MR) is 58.3 cm³/mol. The van der Waals surface area contributed by atoms with Crippen molar-refractivity contribution in [2.45, 2.75) is 11.8 Å². The lowest BCUT2D eigenvalue weighted by Crippen LogP contribution is -1.96. The van der Waals surface area contributed by atoms with E-state index in [4.69, 9.17) is 0 Å². The van der Waals surface area contributed by atoms with Crippen LogP contribution in [-0.4, -0.2) is 26.2 Å². The number of hydrogen-bond acceptors (Lipinski definition) is 3. The third kappa shape index (κ3) is 2.32. The monoisotopic (exact) mass is 229 g/mol. The molecule has 1 unspecified atom stereocenters. The molecule has 1 saturated heterocycles. The van der Waals surface area contributed by atoms with Gasteiger partial charge in [-0.1, -0.05) is 17.7 Å². The summed E-state index contributed by atoms with van der Waals surface area (Å²) in [6.07, 6.45) is 0. The molecule has 0 N–H and O–H groups in total. The van der Waals surface area contributed by atoms with Gasteiger partial charge in [-0.25, -0.2) is 8.42 Å². The van der Waals surface area contributed by atoms with Gasteiger partial charge in [-0.2, -0.15) is 0 Å². The van der Waals surface area contributed by atoms with E-state index < -0.39 is 9.46 Å². The molecule has 0 radical (unpaired) electrons. The molecule has 0 aliphatic carbocycles. The molecule has 5 heteroatoms. The Balaban J connectivity index is 2.24. The van der Waals surface area contributed by atoms with Crippen molar-refractivity contribution in [3.05, 3.63) is 29.8 Å². The summed E-state index contributed by atoms with van der Waals surface area (Å²) in [6, 6.07) is 7.03. The summed E-state index contributed by atoms with van der Waals surface area (Å²) in [5.41, 5.74) is 1.08. The highest BCUT2D eigenvalue weighted by Gasteiger charge is 2.25. The van der Waals surface area contributed by atoms with Crippen LogP contribution in [0.5, 0.6) is 0 Å². The first-order chi connectivity index (χ1) is 6.58. The number of aryl methyl sites for hydroxylation is 1. The second-order valence-corrected chi connectivity index (χ2v) is 7.85. The molecule has 0 spiro atoms. The Hall–Kier alpha value is -0.440. The van der Waals surface area contributed by atoms with Crippen LogP contribution < -0.4 is 0 Å². The lowest BCUT2D eigenvalue weighted by atomic mass is 10.2. The van der Waals surface area contributed by atoms with Gasteiger partial charge in [-0.3, -0.25) is 4.67 Å². The molecule has 0 saturated carbocycles. The molecule has 1 aromatic carbocycles. The van der Waals surface area contributed by atoms with Crippen LogP contribution in [0.1, 0.15) is 5.56 Å². The quantitative estimate of drug-likeness (QED) is 0.583. The van der Waals surface area contributed by atoms with Gasteiger partial charge in [0.2, 0.25) is 9.46 Å². The van der Waals surface area contributed by atoms with Crippen molar-refractivity contribution in [1.82, 2.24) is 4.67 Å². The fourth-order valence-corrected chi connectivity index (χ4v) is 4.60. The van der Waals surface area contributed by atoms with Gasteiger partial charge < -0.3 is 0 Å². The van der Waals surface area contributed by atoms with E-state index >= 15 is 0 Å². The third-order valence-corrected chi connectivity index (χ3v) is 6.07. The molecule has 14 heavy (non-hydrogen) atoms. The Morgan fingerprint density at radius 3 is 2.29 bits per heavy atom. The summed E-state index contributed by atoms with van der Waals surface area (Å²) in [4.78, 5) is 0.438. The molecule has 0 bridgehead atoms. The van der Waals surface area contributed by atoms with Crippen LogP contribution >= 0.6 is 7.93 Å². The van der Waals surface area contributed by atoms with Gasteiger partial charge in [-0.15, -0.1) is 0 Å². The van der Waals surface area contributed by atoms with E-state index in [0.29, 0.717) is 4.90 Å². The standard InChI is InChI=1S/C9H12NO2PS/c1-8-2-4-9(5-3-8)14(11,12)13-10-6-7-10/h2-5,13H,6-7H2,1H3. The van der Waals surface area contributed by atoms with Crippen molar-refractivity contribution >= 4 is 17.4 Å². The van der Waals surface area contributed by atoms with Crippen LogP contribution in [0.25, 0.3) is 0 Å². The lowest BCUT2D eigenvalue weighted by Gasteiger charge is -2.04. The van der Waals surface area contributed by atoms with Crippen LogP contribution in [0.3, 0.4) is 0 Å². The van der Waals surface area contributed by atoms with Gasteiger partial charge in [0, 0.05) is 13.1 Å². The summed E-state index contributed by atoms with van der Waals surface area (Å²) >= 11 is 0. The van der Waals surface area contributed by atoms with Crippen LogP contribution in [0.15, 0.2) is 29.2 Å². The maximum atomic E-state index is 11.8. The average Bonchev–Trinajstić information content (AvgIpc) is 2.88. The fraction of sp³-hybridized carbons (Fsp3) is 0.333. The van der Waals surface area contributed by atoms with Crippen molar-refractivity contribution in [2.24, 2.45) is 0 Å². The minimum Gasteiger partial charge on any atom is -0.269 e. The molecule has 1 fully saturated rings. The van der Waals surface area contributed by atoms with E-state index in [-0.39, 0.29) is 7.93 Å². The number of benzene rings is 1. The maximum Gasteiger partial charge on any atom is 0.206 e. The van der Waals surface area contributed by atoms with Crippen molar-refractivity contribution in [1.29, 1.82) is 0 Å². The highest BCUT2D eigenvalue weighted by molar-refractivity contribution is 8.42. The van der Waals surface area contributed by atoms with Crippen molar-refractivity contribution in [3.8, 4) is 0 Å². The van der Waals surface area contributed by atoms with E-state index in [1.807, 2.05) is 23.7 Å². The molecule has 1 heterocycles. The van der Waals surface area contributed by atoms with Crippen molar-refractivity contribution in [3.63, 3.8) is 0 Å². The highest BCUT2D eigenvalue weighted by atomic mass is 32.8. The van der Waals surface area contributed by atoms with Crippen LogP contribution in [0, 0.1) is 6.92 Å². The zero-order chi connectivity index (χ0) is 10.2. The molecule has 2 rings (SSSR count). The smallest absolute Gasteiger partial charge is 0.206 e. The summed E-state index contributed by atoms with van der Waals surface area (Å²) < 4.78 is 25.5. The summed E-state index contributed by atoms with van der Waals surface area (Å²) in [7, 11) is -3.15. The average molecular weight is 229 g/mol. The Morgan fingerprint density at radius 2 is 1.79 bits per heavy atom. The summed E-state index contributed by atoms with van der Waals surface area (Å²) in [5.74, 6) is 0. The van der Waals surface area contributed by atoms with Gasteiger partial charge >= 0.3 is 0 Å². The van der Waals surface area contributed by atoms with Gasteiger partial charge in [0.05, 0.1) is 12.8 Å². The number of hydrogen-bond donors (Lipinski definition) is 0. The predicted octanol–water partition coefficient (Wildman–Crippen LogP) is 1.59. The summed E-state index contributed by atoms with van der Waals surface area (Å²) in [6.45, 7) is 3.79. The maximum absolute atomic E-state index is 11.8. The first-order valence-corrected chi connectivity index (χ1v) is 7.57. The molecule has 76 valence electrons. The van der Waals surface area contributed by atoms with Gasteiger partial charge in [0.25, 0.3) is 0 Å². The third-order valence-electron chi connectivity index (χ3n) is 2.03. The van der Waals surface area contributed by atoms with E-state index in [0.717, 1.165) is 18.7 Å². The first kappa shape index (κ1) is 10.1. The first-order valence-electron chi connectivity index (χ1n) is 4.42. The minimum atomic E-state index is -3.06. The molecular weight excluding hydrogens is 217 g/mol. The lowest BCUT2D eigenvalue weighted by molar-refractivity contribution is 0.609. The number of nitrogens with zero attached hydrogens (tertiary/aromatic N) is 1. The topological polar surface area (TPSA) is 37.1 Å². The summed E-state index contributed by atoms with van der Waals surface area (Å²) in [5, 5.41) is 0. The van der Waals surface area contributed by atoms with E-state index in [9.17, 15) is 8.42 Å². The zero-order valence-corrected chi connectivity index (χ0v) is 9.71. The molecule has 0 amide bonds.